The normalized spacial score (nSPS) is 12.4. The van der Waals surface area contributed by atoms with Gasteiger partial charge < -0.3 is 5.73 Å². The van der Waals surface area contributed by atoms with Crippen molar-refractivity contribution in [2.45, 2.75) is 59.4 Å². The molecule has 0 amide bonds. The van der Waals surface area contributed by atoms with Crippen LogP contribution in [-0.2, 0) is 12.0 Å². The maximum absolute atomic E-state index is 5.89. The van der Waals surface area contributed by atoms with Gasteiger partial charge in [-0.2, -0.15) is 0 Å². The minimum atomic E-state index is -0.000381. The summed E-state index contributed by atoms with van der Waals surface area (Å²) in [4.78, 5) is 0. The molecule has 0 aliphatic carbocycles. The Hall–Kier alpha value is -1.06. The molecule has 1 aromatic rings. The van der Waals surface area contributed by atoms with E-state index in [-0.39, 0.29) is 5.41 Å². The van der Waals surface area contributed by atoms with Gasteiger partial charge in [-0.05, 0) is 5.92 Å². The molecule has 2 N–H and O–H groups in total. The van der Waals surface area contributed by atoms with Crippen LogP contribution in [0.15, 0.2) is 0 Å². The van der Waals surface area contributed by atoms with Crippen LogP contribution in [0.25, 0.3) is 0 Å². The Kier molecular flexibility index (Phi) is 3.94. The first-order valence-corrected chi connectivity index (χ1v) is 6.09. The third-order valence-corrected chi connectivity index (χ3v) is 3.06. The van der Waals surface area contributed by atoms with E-state index < -0.39 is 0 Å². The van der Waals surface area contributed by atoms with Crippen molar-refractivity contribution in [2.75, 3.05) is 5.73 Å². The molecule has 1 rings (SSSR count). The van der Waals surface area contributed by atoms with Gasteiger partial charge in [0.25, 0.3) is 0 Å². The molecule has 0 unspecified atom stereocenters. The predicted molar refractivity (Wildman–Crippen MR) is 67.2 cm³/mol. The number of nitrogens with zero attached hydrogens (tertiary/aromatic N) is 3. The molecule has 0 aliphatic heterocycles. The molecule has 0 saturated carbocycles. The minimum absolute atomic E-state index is 0.000381. The van der Waals surface area contributed by atoms with Crippen LogP contribution < -0.4 is 5.73 Å². The maximum Gasteiger partial charge on any atom is 0.169 e. The first kappa shape index (κ1) is 13.0. The Morgan fingerprint density at radius 2 is 1.81 bits per heavy atom. The fourth-order valence-corrected chi connectivity index (χ4v) is 2.02. The smallest absolute Gasteiger partial charge is 0.169 e. The lowest BCUT2D eigenvalue weighted by atomic mass is 9.91. The summed E-state index contributed by atoms with van der Waals surface area (Å²) in [7, 11) is 0. The van der Waals surface area contributed by atoms with E-state index in [0.29, 0.717) is 11.7 Å². The number of aromatic nitrogens is 3. The fraction of sp³-hybridized carbons (Fsp3) is 0.833. The second kappa shape index (κ2) is 4.85. The summed E-state index contributed by atoms with van der Waals surface area (Å²) in [5, 5.41) is 8.15. The van der Waals surface area contributed by atoms with Crippen LogP contribution in [0.2, 0.25) is 0 Å². The van der Waals surface area contributed by atoms with Crippen LogP contribution >= 0.6 is 0 Å². The van der Waals surface area contributed by atoms with Crippen molar-refractivity contribution in [3.8, 4) is 0 Å². The molecule has 4 heteroatoms. The van der Waals surface area contributed by atoms with E-state index in [1.54, 1.807) is 0 Å². The third kappa shape index (κ3) is 2.74. The summed E-state index contributed by atoms with van der Waals surface area (Å²) in [5.74, 6) is 1.22. The molecule has 0 aromatic carbocycles. The SMILES string of the molecule is CCC(CC)Cn1nnc(N)c1C(C)(C)C. The van der Waals surface area contributed by atoms with Gasteiger partial charge in [0.2, 0.25) is 0 Å². The van der Waals surface area contributed by atoms with Gasteiger partial charge in [-0.3, -0.25) is 0 Å². The third-order valence-electron chi connectivity index (χ3n) is 3.06. The average Bonchev–Trinajstić information content (AvgIpc) is 2.55. The molecule has 0 saturated heterocycles. The lowest BCUT2D eigenvalue weighted by Crippen LogP contribution is -2.22. The monoisotopic (exact) mass is 224 g/mol. The molecule has 92 valence electrons. The number of hydrogen-bond donors (Lipinski definition) is 1. The number of anilines is 1. The van der Waals surface area contributed by atoms with Crippen molar-refractivity contribution in [3.63, 3.8) is 0 Å². The zero-order valence-electron chi connectivity index (χ0n) is 11.1. The Morgan fingerprint density at radius 1 is 1.25 bits per heavy atom. The van der Waals surface area contributed by atoms with E-state index in [4.69, 9.17) is 5.73 Å². The number of nitrogens with two attached hydrogens (primary N) is 1. The van der Waals surface area contributed by atoms with E-state index in [2.05, 4.69) is 44.9 Å². The highest BCUT2D eigenvalue weighted by Crippen LogP contribution is 2.27. The van der Waals surface area contributed by atoms with Crippen LogP contribution in [0, 0.1) is 5.92 Å². The predicted octanol–water partition coefficient (Wildman–Crippen LogP) is 2.59. The van der Waals surface area contributed by atoms with Crippen LogP contribution in [0.4, 0.5) is 5.82 Å². The molecule has 1 heterocycles. The zero-order chi connectivity index (χ0) is 12.3. The van der Waals surface area contributed by atoms with Crippen molar-refractivity contribution in [1.82, 2.24) is 15.0 Å². The second-order valence-corrected chi connectivity index (χ2v) is 5.44. The molecular formula is C12H24N4. The quantitative estimate of drug-likeness (QED) is 0.855. The Labute approximate surface area is 98.2 Å². The first-order valence-electron chi connectivity index (χ1n) is 6.09. The van der Waals surface area contributed by atoms with Crippen LogP contribution in [0.5, 0.6) is 0 Å². The standard InChI is InChI=1S/C12H24N4/c1-6-9(7-2)8-16-10(12(3,4)5)11(13)14-15-16/h9H,6-8,13H2,1-5H3. The molecule has 0 radical (unpaired) electrons. The average molecular weight is 224 g/mol. The first-order chi connectivity index (χ1) is 7.40. The zero-order valence-corrected chi connectivity index (χ0v) is 11.1. The summed E-state index contributed by atoms with van der Waals surface area (Å²) in [6, 6.07) is 0. The highest BCUT2D eigenvalue weighted by molar-refractivity contribution is 5.37. The topological polar surface area (TPSA) is 56.7 Å². The van der Waals surface area contributed by atoms with E-state index >= 15 is 0 Å². The van der Waals surface area contributed by atoms with Crippen LogP contribution in [0.3, 0.4) is 0 Å². The van der Waals surface area contributed by atoms with E-state index in [0.717, 1.165) is 12.2 Å². The Balaban J connectivity index is 2.97. The van der Waals surface area contributed by atoms with Crippen LogP contribution in [-0.4, -0.2) is 15.0 Å². The van der Waals surface area contributed by atoms with E-state index in [1.807, 2.05) is 4.68 Å². The van der Waals surface area contributed by atoms with Crippen molar-refractivity contribution in [2.24, 2.45) is 5.92 Å². The van der Waals surface area contributed by atoms with E-state index in [1.165, 1.54) is 12.8 Å². The lowest BCUT2D eigenvalue weighted by molar-refractivity contribution is 0.366. The van der Waals surface area contributed by atoms with Gasteiger partial charge in [0.1, 0.15) is 0 Å². The molecule has 0 atom stereocenters. The molecule has 1 aromatic heterocycles. The number of nitrogen functional groups attached to an aromatic ring is 1. The fourth-order valence-electron chi connectivity index (χ4n) is 2.02. The van der Waals surface area contributed by atoms with Gasteiger partial charge in [-0.25, -0.2) is 4.68 Å². The molecule has 0 fully saturated rings. The number of hydrogen-bond acceptors (Lipinski definition) is 3. The molecule has 4 nitrogen and oxygen atoms in total. The maximum atomic E-state index is 5.89. The van der Waals surface area contributed by atoms with Crippen molar-refractivity contribution >= 4 is 5.82 Å². The van der Waals surface area contributed by atoms with Crippen molar-refractivity contribution in [1.29, 1.82) is 0 Å². The van der Waals surface area contributed by atoms with Crippen molar-refractivity contribution in [3.05, 3.63) is 5.69 Å². The summed E-state index contributed by atoms with van der Waals surface area (Å²) in [6.07, 6.45) is 2.33. The molecular weight excluding hydrogens is 200 g/mol. The lowest BCUT2D eigenvalue weighted by Gasteiger charge is -2.22. The largest absolute Gasteiger partial charge is 0.381 e. The summed E-state index contributed by atoms with van der Waals surface area (Å²) in [5.41, 5.74) is 6.95. The van der Waals surface area contributed by atoms with Crippen molar-refractivity contribution < 1.29 is 0 Å². The molecule has 0 aliphatic rings. The molecule has 0 spiro atoms. The van der Waals surface area contributed by atoms with Crippen LogP contribution in [0.1, 0.15) is 53.2 Å². The van der Waals surface area contributed by atoms with Gasteiger partial charge in [0.15, 0.2) is 5.82 Å². The summed E-state index contributed by atoms with van der Waals surface area (Å²) >= 11 is 0. The van der Waals surface area contributed by atoms with Gasteiger partial charge in [-0.1, -0.05) is 52.7 Å². The highest BCUT2D eigenvalue weighted by atomic mass is 15.4. The van der Waals surface area contributed by atoms with Gasteiger partial charge in [-0.15, -0.1) is 5.10 Å². The summed E-state index contributed by atoms with van der Waals surface area (Å²) < 4.78 is 1.98. The Morgan fingerprint density at radius 3 is 2.25 bits per heavy atom. The molecule has 0 bridgehead atoms. The van der Waals surface area contributed by atoms with E-state index in [9.17, 15) is 0 Å². The number of rotatable bonds is 4. The second-order valence-electron chi connectivity index (χ2n) is 5.44. The summed E-state index contributed by atoms with van der Waals surface area (Å²) in [6.45, 7) is 11.8. The van der Waals surface area contributed by atoms with Gasteiger partial charge >= 0.3 is 0 Å². The van der Waals surface area contributed by atoms with Gasteiger partial charge in [0.05, 0.1) is 5.69 Å². The minimum Gasteiger partial charge on any atom is -0.381 e. The highest BCUT2D eigenvalue weighted by Gasteiger charge is 2.24. The Bertz CT molecular complexity index is 331. The molecule has 16 heavy (non-hydrogen) atoms. The van der Waals surface area contributed by atoms with Gasteiger partial charge in [0, 0.05) is 12.0 Å².